The normalized spacial score (nSPS) is 19.8. The number of carbonyl (C=O) groups is 1. The highest BCUT2D eigenvalue weighted by Gasteiger charge is 2.64. The van der Waals surface area contributed by atoms with Crippen LogP contribution in [0.2, 0.25) is 0 Å². The molecule has 0 saturated heterocycles. The number of carbonyl (C=O) groups excluding carboxylic acids is 1. The number of hydrogen-bond acceptors (Lipinski definition) is 5. The molecular weight excluding hydrogens is 242 g/mol. The topological polar surface area (TPSA) is 92.9 Å². The van der Waals surface area contributed by atoms with Crippen LogP contribution in [-0.4, -0.2) is 22.4 Å². The molecular formula is C13H21N5O. The summed E-state index contributed by atoms with van der Waals surface area (Å²) >= 11 is 0. The van der Waals surface area contributed by atoms with Crippen LogP contribution in [0.1, 0.15) is 38.2 Å². The van der Waals surface area contributed by atoms with Crippen molar-refractivity contribution in [1.29, 1.82) is 0 Å². The van der Waals surface area contributed by atoms with Crippen LogP contribution in [0.25, 0.3) is 0 Å². The van der Waals surface area contributed by atoms with E-state index in [4.69, 9.17) is 5.84 Å². The highest BCUT2D eigenvalue weighted by molar-refractivity contribution is 5.92. The summed E-state index contributed by atoms with van der Waals surface area (Å²) in [6.07, 6.45) is 2.89. The molecule has 1 amide bonds. The average Bonchev–Trinajstić information content (AvgIpc) is 2.77. The first-order valence-corrected chi connectivity index (χ1v) is 6.37. The Balaban J connectivity index is 1.96. The smallest absolute Gasteiger partial charge is 0.271 e. The second kappa shape index (κ2) is 4.45. The molecule has 0 bridgehead atoms. The maximum absolute atomic E-state index is 12.0. The van der Waals surface area contributed by atoms with Crippen LogP contribution in [0.3, 0.4) is 0 Å². The van der Waals surface area contributed by atoms with E-state index in [0.717, 1.165) is 0 Å². The first-order chi connectivity index (χ1) is 8.80. The average molecular weight is 263 g/mol. The predicted molar refractivity (Wildman–Crippen MR) is 73.2 cm³/mol. The number of aromatic nitrogens is 2. The van der Waals surface area contributed by atoms with Gasteiger partial charge in [-0.2, -0.15) is 0 Å². The fourth-order valence-corrected chi connectivity index (χ4v) is 2.67. The molecule has 0 aliphatic heterocycles. The largest absolute Gasteiger partial charge is 0.350 e. The maximum atomic E-state index is 12.0. The van der Waals surface area contributed by atoms with Gasteiger partial charge >= 0.3 is 0 Å². The van der Waals surface area contributed by atoms with Crippen molar-refractivity contribution in [3.8, 4) is 0 Å². The zero-order valence-corrected chi connectivity index (χ0v) is 11.8. The van der Waals surface area contributed by atoms with Crippen molar-refractivity contribution in [2.45, 2.75) is 27.7 Å². The van der Waals surface area contributed by atoms with Gasteiger partial charge in [0, 0.05) is 6.54 Å². The van der Waals surface area contributed by atoms with Crippen LogP contribution in [0.4, 0.5) is 5.82 Å². The molecule has 2 rings (SSSR count). The van der Waals surface area contributed by atoms with E-state index < -0.39 is 0 Å². The molecule has 6 heteroatoms. The van der Waals surface area contributed by atoms with E-state index in [0.29, 0.717) is 18.3 Å². The third-order valence-electron chi connectivity index (χ3n) is 4.80. The monoisotopic (exact) mass is 263 g/mol. The molecule has 0 radical (unpaired) electrons. The molecule has 1 fully saturated rings. The molecule has 1 aromatic heterocycles. The van der Waals surface area contributed by atoms with E-state index in [1.54, 1.807) is 0 Å². The van der Waals surface area contributed by atoms with Gasteiger partial charge in [-0.05, 0) is 16.7 Å². The minimum absolute atomic E-state index is 0.219. The lowest BCUT2D eigenvalue weighted by atomic mass is 10.0. The Labute approximate surface area is 113 Å². The molecule has 19 heavy (non-hydrogen) atoms. The van der Waals surface area contributed by atoms with Crippen molar-refractivity contribution in [2.24, 2.45) is 22.6 Å². The first-order valence-electron chi connectivity index (χ1n) is 6.37. The number of nitrogens with zero attached hydrogens (tertiary/aromatic N) is 2. The quantitative estimate of drug-likeness (QED) is 0.560. The number of nitrogens with one attached hydrogen (secondary N) is 2. The number of anilines is 1. The summed E-state index contributed by atoms with van der Waals surface area (Å²) < 4.78 is 0. The van der Waals surface area contributed by atoms with Gasteiger partial charge in [-0.15, -0.1) is 0 Å². The molecule has 0 spiro atoms. The van der Waals surface area contributed by atoms with Gasteiger partial charge < -0.3 is 10.7 Å². The Morgan fingerprint density at radius 3 is 2.47 bits per heavy atom. The minimum Gasteiger partial charge on any atom is -0.350 e. The Morgan fingerprint density at radius 2 is 1.95 bits per heavy atom. The Morgan fingerprint density at radius 1 is 1.32 bits per heavy atom. The Kier molecular flexibility index (Phi) is 3.22. The molecule has 0 atom stereocenters. The number of hydrogen-bond donors (Lipinski definition) is 3. The van der Waals surface area contributed by atoms with Gasteiger partial charge in [0.2, 0.25) is 0 Å². The number of amides is 1. The van der Waals surface area contributed by atoms with Crippen molar-refractivity contribution in [3.63, 3.8) is 0 Å². The van der Waals surface area contributed by atoms with Crippen LogP contribution < -0.4 is 16.6 Å². The van der Waals surface area contributed by atoms with Crippen molar-refractivity contribution in [3.05, 3.63) is 18.1 Å². The lowest BCUT2D eigenvalue weighted by Crippen LogP contribution is -2.28. The van der Waals surface area contributed by atoms with Gasteiger partial charge in [-0.3, -0.25) is 9.78 Å². The number of nitrogen functional groups attached to an aromatic ring is 1. The summed E-state index contributed by atoms with van der Waals surface area (Å²) in [5.41, 5.74) is 3.16. The fourth-order valence-electron chi connectivity index (χ4n) is 2.67. The van der Waals surface area contributed by atoms with E-state index >= 15 is 0 Å². The predicted octanol–water partition coefficient (Wildman–Crippen LogP) is 1.17. The molecule has 6 nitrogen and oxygen atoms in total. The zero-order chi connectivity index (χ0) is 14.3. The molecule has 0 unspecified atom stereocenters. The van der Waals surface area contributed by atoms with Gasteiger partial charge in [0.25, 0.3) is 5.91 Å². The minimum atomic E-state index is -0.219. The van der Waals surface area contributed by atoms with E-state index in [9.17, 15) is 4.79 Å². The third-order valence-corrected chi connectivity index (χ3v) is 4.80. The standard InChI is InChI=1S/C13H21N5O/c1-12(2)9(13(12,3)4)6-16-11(19)8-5-15-7-10(17-8)18-14/h5,7,9H,6,14H2,1-4H3,(H,16,19)(H,17,18). The first kappa shape index (κ1) is 13.7. The Hall–Kier alpha value is -1.69. The highest BCUT2D eigenvalue weighted by atomic mass is 16.1. The van der Waals surface area contributed by atoms with Crippen LogP contribution in [0.15, 0.2) is 12.4 Å². The SMILES string of the molecule is CC1(C)C(CNC(=O)c2cncc(NN)n2)C1(C)C. The van der Waals surface area contributed by atoms with Crippen LogP contribution in [0.5, 0.6) is 0 Å². The second-order valence-electron chi connectivity index (χ2n) is 6.14. The summed E-state index contributed by atoms with van der Waals surface area (Å²) in [5.74, 6) is 5.87. The lowest BCUT2D eigenvalue weighted by molar-refractivity contribution is 0.0944. The third kappa shape index (κ3) is 2.28. The van der Waals surface area contributed by atoms with Crippen LogP contribution >= 0.6 is 0 Å². The summed E-state index contributed by atoms with van der Waals surface area (Å²) in [5, 5.41) is 2.91. The molecule has 104 valence electrons. The van der Waals surface area contributed by atoms with E-state index in [2.05, 4.69) is 48.4 Å². The molecule has 0 aromatic carbocycles. The fraction of sp³-hybridized carbons (Fsp3) is 0.615. The van der Waals surface area contributed by atoms with Crippen molar-refractivity contribution >= 4 is 11.7 Å². The van der Waals surface area contributed by atoms with Crippen molar-refractivity contribution in [1.82, 2.24) is 15.3 Å². The number of nitrogens with two attached hydrogens (primary N) is 1. The molecule has 1 aliphatic carbocycles. The van der Waals surface area contributed by atoms with Crippen LogP contribution in [-0.2, 0) is 0 Å². The maximum Gasteiger partial charge on any atom is 0.271 e. The summed E-state index contributed by atoms with van der Waals surface area (Å²) in [6.45, 7) is 9.55. The van der Waals surface area contributed by atoms with Crippen molar-refractivity contribution in [2.75, 3.05) is 12.0 Å². The van der Waals surface area contributed by atoms with Gasteiger partial charge in [0.05, 0.1) is 12.4 Å². The number of hydrazine groups is 1. The summed E-state index contributed by atoms with van der Waals surface area (Å²) in [6, 6.07) is 0. The lowest BCUT2D eigenvalue weighted by Gasteiger charge is -2.06. The van der Waals surface area contributed by atoms with Gasteiger partial charge in [0.1, 0.15) is 5.69 Å². The van der Waals surface area contributed by atoms with Gasteiger partial charge in [0.15, 0.2) is 5.82 Å². The van der Waals surface area contributed by atoms with Gasteiger partial charge in [-0.25, -0.2) is 10.8 Å². The van der Waals surface area contributed by atoms with E-state index in [1.165, 1.54) is 12.4 Å². The van der Waals surface area contributed by atoms with Crippen LogP contribution in [0, 0.1) is 16.7 Å². The zero-order valence-electron chi connectivity index (χ0n) is 11.8. The molecule has 1 saturated carbocycles. The van der Waals surface area contributed by atoms with Gasteiger partial charge in [-0.1, -0.05) is 27.7 Å². The summed E-state index contributed by atoms with van der Waals surface area (Å²) in [7, 11) is 0. The molecule has 4 N–H and O–H groups in total. The molecule has 1 aliphatic rings. The van der Waals surface area contributed by atoms with E-state index in [-0.39, 0.29) is 22.4 Å². The highest BCUT2D eigenvalue weighted by Crippen LogP contribution is 2.67. The Bertz CT molecular complexity index is 484. The second-order valence-corrected chi connectivity index (χ2v) is 6.14. The molecule has 1 aromatic rings. The van der Waals surface area contributed by atoms with E-state index in [1.807, 2.05) is 0 Å². The summed E-state index contributed by atoms with van der Waals surface area (Å²) in [4.78, 5) is 19.9. The number of rotatable bonds is 4. The van der Waals surface area contributed by atoms with Crippen molar-refractivity contribution < 1.29 is 4.79 Å². The molecule has 1 heterocycles.